The monoisotopic (exact) mass is 730 g/mol. The number of nitrogen functional groups attached to an aromatic ring is 2. The van der Waals surface area contributed by atoms with E-state index in [1.807, 2.05) is 58.2 Å². The van der Waals surface area contributed by atoms with E-state index in [0.717, 1.165) is 62.1 Å². The minimum Gasteiger partial charge on any atom is -0.390 e. The standard InChI is InChI=1S/2C20H23N5O2/c2*21-18-14-3-5-25(19(14)24-11-23-18)15-9-20(17(27)16(15)26)7-13(8-20)6-12-2-1-4-22-10-12/h2*1-5,10-11,13,15-17,26-27H,6-9H2,(H2,21,23,24)/t2*13?,15-,16+,17+,20?/m11/s1. The van der Waals surface area contributed by atoms with Gasteiger partial charge in [-0.25, -0.2) is 19.9 Å². The Morgan fingerprint density at radius 2 is 1.02 bits per heavy atom. The van der Waals surface area contributed by atoms with Crippen LogP contribution < -0.4 is 11.5 Å². The van der Waals surface area contributed by atoms with E-state index in [4.69, 9.17) is 11.5 Å². The second kappa shape index (κ2) is 13.4. The summed E-state index contributed by atoms with van der Waals surface area (Å²) in [6, 6.07) is 11.4. The molecule has 0 radical (unpaired) electrons. The van der Waals surface area contributed by atoms with Gasteiger partial charge in [0.05, 0.1) is 35.1 Å². The highest BCUT2D eigenvalue weighted by Crippen LogP contribution is 2.61. The zero-order valence-electron chi connectivity index (χ0n) is 29.9. The van der Waals surface area contributed by atoms with Crippen LogP contribution in [0.25, 0.3) is 22.1 Å². The van der Waals surface area contributed by atoms with Gasteiger partial charge in [-0.15, -0.1) is 0 Å². The molecule has 4 fully saturated rings. The third kappa shape index (κ3) is 5.79. The minimum absolute atomic E-state index is 0.203. The van der Waals surface area contributed by atoms with E-state index in [1.54, 1.807) is 12.4 Å². The molecule has 4 aliphatic carbocycles. The summed E-state index contributed by atoms with van der Waals surface area (Å²) in [5.41, 5.74) is 15.3. The second-order valence-electron chi connectivity index (χ2n) is 16.3. The fourth-order valence-electron chi connectivity index (χ4n) is 10.5. The Bertz CT molecular complexity index is 2090. The van der Waals surface area contributed by atoms with Crippen molar-refractivity contribution in [2.24, 2.45) is 22.7 Å². The average molecular weight is 731 g/mol. The molecule has 0 aromatic carbocycles. The van der Waals surface area contributed by atoms with Crippen molar-refractivity contribution in [2.45, 2.75) is 87.9 Å². The van der Waals surface area contributed by atoms with Crippen LogP contribution >= 0.6 is 0 Å². The molecular formula is C40H46N10O4. The molecule has 280 valence electrons. The van der Waals surface area contributed by atoms with Crippen molar-refractivity contribution < 1.29 is 20.4 Å². The molecule has 6 atom stereocenters. The third-order valence-corrected chi connectivity index (χ3v) is 13.0. The van der Waals surface area contributed by atoms with Crippen molar-refractivity contribution in [1.29, 1.82) is 0 Å². The number of hydrogen-bond acceptors (Lipinski definition) is 12. The number of pyridine rings is 2. The molecule has 0 bridgehead atoms. The SMILES string of the molecule is Nc1ncnc2c1ccn2[C@@H]1CC2(CC(Cc3cccnc3)C2)[C@@H](O)[C@H]1O.Nc1ncnc2c1ccn2[C@@H]1CC2(CC(Cc3cccnc3)C2)[C@@H](O)[C@H]1O. The van der Waals surface area contributed by atoms with E-state index in [9.17, 15) is 20.4 Å². The van der Waals surface area contributed by atoms with Crippen molar-refractivity contribution in [2.75, 3.05) is 11.5 Å². The molecule has 0 saturated heterocycles. The molecule has 14 nitrogen and oxygen atoms in total. The van der Waals surface area contributed by atoms with E-state index in [-0.39, 0.29) is 22.9 Å². The summed E-state index contributed by atoms with van der Waals surface area (Å²) < 4.78 is 3.90. The van der Waals surface area contributed by atoms with Crippen LogP contribution in [0.1, 0.15) is 61.7 Å². The zero-order chi connectivity index (χ0) is 37.2. The van der Waals surface area contributed by atoms with Gasteiger partial charge >= 0.3 is 0 Å². The van der Waals surface area contributed by atoms with Gasteiger partial charge in [-0.1, -0.05) is 12.1 Å². The number of hydrogen-bond donors (Lipinski definition) is 6. The van der Waals surface area contributed by atoms with Crippen LogP contribution in [0.4, 0.5) is 11.6 Å². The number of aliphatic hydroxyl groups excluding tert-OH is 4. The Kier molecular flexibility index (Phi) is 8.60. The maximum atomic E-state index is 10.8. The van der Waals surface area contributed by atoms with Crippen LogP contribution in [0.5, 0.6) is 0 Å². The fourth-order valence-corrected chi connectivity index (χ4v) is 10.5. The van der Waals surface area contributed by atoms with Gasteiger partial charge in [0.2, 0.25) is 0 Å². The largest absolute Gasteiger partial charge is 0.390 e. The third-order valence-electron chi connectivity index (χ3n) is 13.0. The van der Waals surface area contributed by atoms with E-state index in [0.29, 0.717) is 34.8 Å². The van der Waals surface area contributed by atoms with Crippen molar-refractivity contribution >= 4 is 33.7 Å². The van der Waals surface area contributed by atoms with Gasteiger partial charge in [0.15, 0.2) is 0 Å². The van der Waals surface area contributed by atoms with Crippen LogP contribution in [-0.2, 0) is 12.8 Å². The van der Waals surface area contributed by atoms with Gasteiger partial charge in [-0.05, 0) is 98.6 Å². The number of nitrogens with two attached hydrogens (primary N) is 2. The molecule has 2 spiro atoms. The Morgan fingerprint density at radius 3 is 1.41 bits per heavy atom. The van der Waals surface area contributed by atoms with Crippen molar-refractivity contribution in [3.05, 3.63) is 97.4 Å². The highest BCUT2D eigenvalue weighted by Gasteiger charge is 2.60. The first-order valence-electron chi connectivity index (χ1n) is 18.8. The minimum atomic E-state index is -0.809. The van der Waals surface area contributed by atoms with Crippen molar-refractivity contribution in [1.82, 2.24) is 39.0 Å². The first kappa shape index (κ1) is 34.7. The molecule has 10 rings (SSSR count). The molecule has 0 aliphatic heterocycles. The lowest BCUT2D eigenvalue weighted by Gasteiger charge is -2.48. The number of aliphatic hydroxyl groups is 4. The van der Waals surface area contributed by atoms with Gasteiger partial charge < -0.3 is 41.0 Å². The number of rotatable bonds is 6. The van der Waals surface area contributed by atoms with Crippen LogP contribution in [0.2, 0.25) is 0 Å². The lowest BCUT2D eigenvalue weighted by atomic mass is 9.58. The summed E-state index contributed by atoms with van der Waals surface area (Å²) in [5.74, 6) is 1.91. The van der Waals surface area contributed by atoms with Crippen molar-refractivity contribution in [3.8, 4) is 0 Å². The predicted octanol–water partition coefficient (Wildman–Crippen LogP) is 3.43. The summed E-state index contributed by atoms with van der Waals surface area (Å²) >= 11 is 0. The summed E-state index contributed by atoms with van der Waals surface area (Å²) in [7, 11) is 0. The molecular weight excluding hydrogens is 685 g/mol. The molecule has 6 aromatic rings. The van der Waals surface area contributed by atoms with Crippen LogP contribution in [0.3, 0.4) is 0 Å². The van der Waals surface area contributed by atoms with Gasteiger partial charge in [0, 0.05) is 48.0 Å². The molecule has 0 unspecified atom stereocenters. The summed E-state index contributed by atoms with van der Waals surface area (Å²) in [6.45, 7) is 0. The van der Waals surface area contributed by atoms with E-state index in [2.05, 4.69) is 42.0 Å². The van der Waals surface area contributed by atoms with E-state index < -0.39 is 24.4 Å². The first-order chi connectivity index (χ1) is 26.1. The zero-order valence-corrected chi connectivity index (χ0v) is 29.9. The first-order valence-corrected chi connectivity index (χ1v) is 18.8. The number of anilines is 2. The lowest BCUT2D eigenvalue weighted by molar-refractivity contribution is -0.0841. The maximum Gasteiger partial charge on any atom is 0.145 e. The predicted molar refractivity (Wildman–Crippen MR) is 201 cm³/mol. The molecule has 4 aliphatic rings. The number of aromatic nitrogens is 8. The Balaban J connectivity index is 0.000000142. The summed E-state index contributed by atoms with van der Waals surface area (Å²) in [4.78, 5) is 25.1. The Labute approximate surface area is 312 Å². The van der Waals surface area contributed by atoms with Crippen molar-refractivity contribution in [3.63, 3.8) is 0 Å². The Hall–Kier alpha value is -5.02. The maximum absolute atomic E-state index is 10.8. The normalized spacial score (nSPS) is 32.8. The fraction of sp³-hybridized carbons (Fsp3) is 0.450. The highest BCUT2D eigenvalue weighted by atomic mass is 16.3. The van der Waals surface area contributed by atoms with Crippen LogP contribution in [0, 0.1) is 22.7 Å². The quantitative estimate of drug-likeness (QED) is 0.145. The summed E-state index contributed by atoms with van der Waals surface area (Å²) in [6.07, 6.45) is 18.1. The Morgan fingerprint density at radius 1 is 0.593 bits per heavy atom. The van der Waals surface area contributed by atoms with Gasteiger partial charge in [0.1, 0.15) is 47.8 Å². The smallest absolute Gasteiger partial charge is 0.145 e. The second-order valence-corrected chi connectivity index (χ2v) is 16.3. The highest BCUT2D eigenvalue weighted by molar-refractivity contribution is 5.86. The molecule has 4 saturated carbocycles. The van der Waals surface area contributed by atoms with E-state index in [1.165, 1.54) is 23.8 Å². The molecule has 14 heteroatoms. The molecule has 8 N–H and O–H groups in total. The van der Waals surface area contributed by atoms with Crippen LogP contribution in [-0.4, -0.2) is 83.9 Å². The number of nitrogens with zero attached hydrogens (tertiary/aromatic N) is 8. The number of fused-ring (bicyclic) bond motifs is 2. The van der Waals surface area contributed by atoms with Gasteiger partial charge in [-0.3, -0.25) is 9.97 Å². The average Bonchev–Trinajstić information content (AvgIpc) is 3.90. The van der Waals surface area contributed by atoms with Gasteiger partial charge in [0.25, 0.3) is 0 Å². The molecule has 54 heavy (non-hydrogen) atoms. The molecule has 0 amide bonds. The lowest BCUT2D eigenvalue weighted by Crippen LogP contribution is -2.46. The topological polar surface area (TPSA) is 220 Å². The molecule has 6 aromatic heterocycles. The summed E-state index contributed by atoms with van der Waals surface area (Å²) in [5, 5.41) is 44.7. The van der Waals surface area contributed by atoms with Gasteiger partial charge in [-0.2, -0.15) is 0 Å². The van der Waals surface area contributed by atoms with Crippen LogP contribution in [0.15, 0.2) is 86.2 Å². The van der Waals surface area contributed by atoms with E-state index >= 15 is 0 Å². The molecule has 6 heterocycles.